The summed E-state index contributed by atoms with van der Waals surface area (Å²) in [6.07, 6.45) is 3.10. The van der Waals surface area contributed by atoms with Crippen LogP contribution in [0, 0.1) is 11.6 Å². The molecule has 0 saturated heterocycles. The third-order valence-electron chi connectivity index (χ3n) is 4.80. The number of rotatable bonds is 5. The Balaban J connectivity index is 1.76. The highest BCUT2D eigenvalue weighted by Gasteiger charge is 2.25. The highest BCUT2D eigenvalue weighted by Crippen LogP contribution is 2.39. The van der Waals surface area contributed by atoms with Crippen LogP contribution in [0.15, 0.2) is 77.6 Å². The number of anilines is 1. The zero-order valence-corrected chi connectivity index (χ0v) is 16.0. The van der Waals surface area contributed by atoms with Crippen molar-refractivity contribution in [3.05, 3.63) is 90.3 Å². The summed E-state index contributed by atoms with van der Waals surface area (Å²) in [6.45, 7) is 1.76. The number of nitrogens with one attached hydrogen (secondary N) is 1. The second-order valence-electron chi connectivity index (χ2n) is 6.69. The zero-order chi connectivity index (χ0) is 21.1. The van der Waals surface area contributed by atoms with Gasteiger partial charge in [0.1, 0.15) is 5.69 Å². The van der Waals surface area contributed by atoms with Crippen LogP contribution in [0.3, 0.4) is 0 Å². The first-order valence-electron chi connectivity index (χ1n) is 9.26. The minimum atomic E-state index is -1.04. The summed E-state index contributed by atoms with van der Waals surface area (Å²) in [5.74, 6) is -2.78. The first-order valence-corrected chi connectivity index (χ1v) is 9.26. The lowest BCUT2D eigenvalue weighted by Crippen LogP contribution is -2.18. The number of nitrogens with zero attached hydrogens (tertiary/aromatic N) is 2. The van der Waals surface area contributed by atoms with Gasteiger partial charge in [-0.1, -0.05) is 41.6 Å². The van der Waals surface area contributed by atoms with E-state index in [1.807, 2.05) is 30.3 Å². The van der Waals surface area contributed by atoms with Gasteiger partial charge in [-0.25, -0.2) is 8.78 Å². The Bertz CT molecular complexity index is 1180. The summed E-state index contributed by atoms with van der Waals surface area (Å²) >= 11 is 0. The van der Waals surface area contributed by atoms with E-state index in [1.54, 1.807) is 31.5 Å². The average Bonchev–Trinajstić information content (AvgIpc) is 3.19. The molecular formula is C23H17F2N3O2. The molecule has 2 aromatic carbocycles. The van der Waals surface area contributed by atoms with E-state index in [4.69, 9.17) is 4.52 Å². The van der Waals surface area contributed by atoms with Gasteiger partial charge < -0.3 is 4.52 Å². The van der Waals surface area contributed by atoms with Gasteiger partial charge in [0.2, 0.25) is 11.8 Å². The van der Waals surface area contributed by atoms with Crippen molar-refractivity contribution in [1.29, 1.82) is 0 Å². The van der Waals surface area contributed by atoms with E-state index in [-0.39, 0.29) is 23.0 Å². The molecule has 1 unspecified atom stereocenters. The molecule has 2 heterocycles. The SMILES string of the molecule is CC(C(=O)Nc1onc(-c2cccc(F)c2F)c1-c1ccncc1)c1ccccc1. The number of hydrogen-bond acceptors (Lipinski definition) is 4. The third kappa shape index (κ3) is 3.69. The highest BCUT2D eigenvalue weighted by molar-refractivity contribution is 5.99. The van der Waals surface area contributed by atoms with Crippen LogP contribution in [0.4, 0.5) is 14.7 Å². The summed E-state index contributed by atoms with van der Waals surface area (Å²) < 4.78 is 33.6. The van der Waals surface area contributed by atoms with E-state index in [1.165, 1.54) is 12.1 Å². The topological polar surface area (TPSA) is 68.0 Å². The smallest absolute Gasteiger partial charge is 0.239 e. The van der Waals surface area contributed by atoms with Crippen molar-refractivity contribution in [2.75, 3.05) is 5.32 Å². The molecule has 30 heavy (non-hydrogen) atoms. The number of pyridine rings is 1. The molecule has 1 atom stereocenters. The van der Waals surface area contributed by atoms with Crippen molar-refractivity contribution >= 4 is 11.8 Å². The average molecular weight is 405 g/mol. The van der Waals surface area contributed by atoms with E-state index in [9.17, 15) is 13.6 Å². The lowest BCUT2D eigenvalue weighted by molar-refractivity contribution is -0.117. The van der Waals surface area contributed by atoms with Gasteiger partial charge in [0.05, 0.1) is 11.5 Å². The van der Waals surface area contributed by atoms with Gasteiger partial charge in [-0.15, -0.1) is 0 Å². The molecular weight excluding hydrogens is 388 g/mol. The largest absolute Gasteiger partial charge is 0.337 e. The van der Waals surface area contributed by atoms with Crippen LogP contribution in [-0.4, -0.2) is 16.0 Å². The number of amides is 1. The molecule has 4 rings (SSSR count). The fourth-order valence-corrected chi connectivity index (χ4v) is 3.15. The van der Waals surface area contributed by atoms with Crippen molar-refractivity contribution in [3.63, 3.8) is 0 Å². The highest BCUT2D eigenvalue weighted by atomic mass is 19.2. The van der Waals surface area contributed by atoms with E-state index < -0.39 is 17.6 Å². The lowest BCUT2D eigenvalue weighted by atomic mass is 9.99. The first kappa shape index (κ1) is 19.4. The van der Waals surface area contributed by atoms with Crippen molar-refractivity contribution in [3.8, 4) is 22.4 Å². The van der Waals surface area contributed by atoms with E-state index >= 15 is 0 Å². The van der Waals surface area contributed by atoms with Crippen molar-refractivity contribution in [2.24, 2.45) is 0 Å². The van der Waals surface area contributed by atoms with Crippen LogP contribution < -0.4 is 5.32 Å². The van der Waals surface area contributed by atoms with Crippen LogP contribution in [-0.2, 0) is 4.79 Å². The molecule has 7 heteroatoms. The summed E-state index contributed by atoms with van der Waals surface area (Å²) in [5, 5.41) is 6.66. The maximum absolute atomic E-state index is 14.4. The predicted molar refractivity (Wildman–Crippen MR) is 109 cm³/mol. The minimum Gasteiger partial charge on any atom is -0.337 e. The quantitative estimate of drug-likeness (QED) is 0.481. The summed E-state index contributed by atoms with van der Waals surface area (Å²) in [5.41, 5.74) is 1.78. The standard InChI is InChI=1S/C23H17F2N3O2/c1-14(15-6-3-2-4-7-15)22(29)27-23-19(16-10-12-26-13-11-16)21(28-30-23)17-8-5-9-18(24)20(17)25/h2-14H,1H3,(H,27,29). The number of aromatic nitrogens is 2. The Labute approximate surface area is 171 Å². The van der Waals surface area contributed by atoms with E-state index in [0.29, 0.717) is 11.1 Å². The molecule has 0 bridgehead atoms. The molecule has 0 spiro atoms. The molecule has 2 aromatic heterocycles. The molecule has 150 valence electrons. The maximum atomic E-state index is 14.4. The van der Waals surface area contributed by atoms with Crippen LogP contribution >= 0.6 is 0 Å². The molecule has 0 aliphatic rings. The van der Waals surface area contributed by atoms with Crippen LogP contribution in [0.5, 0.6) is 0 Å². The van der Waals surface area contributed by atoms with Gasteiger partial charge in [0, 0.05) is 18.0 Å². The summed E-state index contributed by atoms with van der Waals surface area (Å²) in [4.78, 5) is 16.8. The molecule has 0 aliphatic heterocycles. The van der Waals surface area contributed by atoms with Crippen LogP contribution in [0.1, 0.15) is 18.4 Å². The van der Waals surface area contributed by atoms with Crippen molar-refractivity contribution < 1.29 is 18.1 Å². The molecule has 5 nitrogen and oxygen atoms in total. The monoisotopic (exact) mass is 405 g/mol. The number of halogens is 2. The third-order valence-corrected chi connectivity index (χ3v) is 4.80. The van der Waals surface area contributed by atoms with Gasteiger partial charge in [-0.05, 0) is 42.3 Å². The minimum absolute atomic E-state index is 0.0487. The Morgan fingerprint density at radius 1 is 1.00 bits per heavy atom. The Kier molecular flexibility index (Phi) is 5.34. The second kappa shape index (κ2) is 8.24. The summed E-state index contributed by atoms with van der Waals surface area (Å²) in [6, 6.07) is 16.4. The molecule has 0 aliphatic carbocycles. The Morgan fingerprint density at radius 3 is 2.47 bits per heavy atom. The fraction of sp³-hybridized carbons (Fsp3) is 0.0870. The van der Waals surface area contributed by atoms with E-state index in [0.717, 1.165) is 11.6 Å². The van der Waals surface area contributed by atoms with Crippen LogP contribution in [0.25, 0.3) is 22.4 Å². The molecule has 1 amide bonds. The summed E-state index contributed by atoms with van der Waals surface area (Å²) in [7, 11) is 0. The predicted octanol–water partition coefficient (Wildman–Crippen LogP) is 5.42. The number of carbonyl (C=O) groups is 1. The Hall–Kier alpha value is -3.87. The molecule has 4 aromatic rings. The fourth-order valence-electron chi connectivity index (χ4n) is 3.15. The zero-order valence-electron chi connectivity index (χ0n) is 16.0. The lowest BCUT2D eigenvalue weighted by Gasteiger charge is -2.12. The Morgan fingerprint density at radius 2 is 1.73 bits per heavy atom. The second-order valence-corrected chi connectivity index (χ2v) is 6.69. The van der Waals surface area contributed by atoms with E-state index in [2.05, 4.69) is 15.5 Å². The molecule has 0 fully saturated rings. The van der Waals surface area contributed by atoms with Gasteiger partial charge in [0.15, 0.2) is 11.6 Å². The number of carbonyl (C=O) groups excluding carboxylic acids is 1. The molecule has 1 N–H and O–H groups in total. The van der Waals surface area contributed by atoms with Crippen molar-refractivity contribution in [1.82, 2.24) is 10.1 Å². The number of hydrogen-bond donors (Lipinski definition) is 1. The van der Waals surface area contributed by atoms with Crippen LogP contribution in [0.2, 0.25) is 0 Å². The molecule has 0 saturated carbocycles. The molecule has 0 radical (unpaired) electrons. The first-order chi connectivity index (χ1) is 14.6. The van der Waals surface area contributed by atoms with Gasteiger partial charge in [-0.3, -0.25) is 15.1 Å². The normalized spacial score (nSPS) is 11.8. The van der Waals surface area contributed by atoms with Crippen molar-refractivity contribution in [2.45, 2.75) is 12.8 Å². The van der Waals surface area contributed by atoms with Gasteiger partial charge >= 0.3 is 0 Å². The van der Waals surface area contributed by atoms with Gasteiger partial charge in [0.25, 0.3) is 0 Å². The number of benzene rings is 2. The van der Waals surface area contributed by atoms with Gasteiger partial charge in [-0.2, -0.15) is 0 Å². The maximum Gasteiger partial charge on any atom is 0.239 e.